The van der Waals surface area contributed by atoms with E-state index in [1.165, 1.54) is 0 Å². The van der Waals surface area contributed by atoms with E-state index in [1.54, 1.807) is 12.1 Å². The molecule has 0 aliphatic rings. The topological polar surface area (TPSA) is 47.6 Å². The van der Waals surface area contributed by atoms with Gasteiger partial charge in [-0.15, -0.1) is 0 Å². The van der Waals surface area contributed by atoms with Crippen molar-refractivity contribution in [2.75, 3.05) is 18.5 Å². The maximum atomic E-state index is 12.5. The molecule has 0 spiro atoms. The molecule has 3 aromatic rings. The average Bonchev–Trinajstić information content (AvgIpc) is 2.69. The molecular weight excluding hydrogens is 326 g/mol. The molecule has 0 radical (unpaired) electrons. The molecule has 0 saturated carbocycles. The minimum Gasteiger partial charge on any atom is -0.493 e. The Morgan fingerprint density at radius 2 is 1.35 bits per heavy atom. The fourth-order valence-electron chi connectivity index (χ4n) is 2.45. The third-order valence-corrected chi connectivity index (χ3v) is 3.72. The zero-order valence-electron chi connectivity index (χ0n) is 14.4. The summed E-state index contributed by atoms with van der Waals surface area (Å²) in [7, 11) is 0. The number of para-hydroxylation sites is 3. The van der Waals surface area contributed by atoms with Gasteiger partial charge in [-0.25, -0.2) is 0 Å². The van der Waals surface area contributed by atoms with Crippen molar-refractivity contribution in [3.63, 3.8) is 0 Å². The van der Waals surface area contributed by atoms with Crippen LogP contribution in [0.1, 0.15) is 16.8 Å². The SMILES string of the molecule is O=C(Nc1ccccc1)c1ccccc1OCCCOc1ccccc1. The summed E-state index contributed by atoms with van der Waals surface area (Å²) in [6.07, 6.45) is 0.726. The summed E-state index contributed by atoms with van der Waals surface area (Å²) in [5.74, 6) is 1.23. The van der Waals surface area contributed by atoms with E-state index >= 15 is 0 Å². The summed E-state index contributed by atoms with van der Waals surface area (Å²) in [4.78, 5) is 12.5. The fourth-order valence-corrected chi connectivity index (χ4v) is 2.45. The highest BCUT2D eigenvalue weighted by Gasteiger charge is 2.12. The standard InChI is InChI=1S/C22H21NO3/c24-22(23-18-10-3-1-4-11-18)20-14-7-8-15-21(20)26-17-9-16-25-19-12-5-2-6-13-19/h1-8,10-15H,9,16-17H2,(H,23,24). The van der Waals surface area contributed by atoms with Crippen molar-refractivity contribution in [2.45, 2.75) is 6.42 Å². The Hall–Kier alpha value is -3.27. The van der Waals surface area contributed by atoms with Gasteiger partial charge in [0, 0.05) is 12.1 Å². The minimum absolute atomic E-state index is 0.188. The van der Waals surface area contributed by atoms with Gasteiger partial charge in [-0.3, -0.25) is 4.79 Å². The second-order valence-electron chi connectivity index (χ2n) is 5.68. The van der Waals surface area contributed by atoms with Crippen LogP contribution >= 0.6 is 0 Å². The lowest BCUT2D eigenvalue weighted by Crippen LogP contribution is -2.14. The maximum absolute atomic E-state index is 12.5. The van der Waals surface area contributed by atoms with Crippen molar-refractivity contribution in [1.82, 2.24) is 0 Å². The highest BCUT2D eigenvalue weighted by Crippen LogP contribution is 2.20. The molecule has 0 atom stereocenters. The number of benzene rings is 3. The molecule has 3 aromatic carbocycles. The number of rotatable bonds is 8. The van der Waals surface area contributed by atoms with Gasteiger partial charge in [0.15, 0.2) is 0 Å². The quantitative estimate of drug-likeness (QED) is 0.596. The van der Waals surface area contributed by atoms with Gasteiger partial charge in [-0.1, -0.05) is 48.5 Å². The number of amides is 1. The molecule has 0 aliphatic heterocycles. The molecule has 0 saturated heterocycles. The minimum atomic E-state index is -0.188. The van der Waals surface area contributed by atoms with E-state index in [0.717, 1.165) is 17.9 Å². The normalized spacial score (nSPS) is 10.2. The molecule has 0 heterocycles. The van der Waals surface area contributed by atoms with Crippen LogP contribution < -0.4 is 14.8 Å². The van der Waals surface area contributed by atoms with Gasteiger partial charge in [-0.05, 0) is 36.4 Å². The molecule has 0 bridgehead atoms. The van der Waals surface area contributed by atoms with Crippen LogP contribution in [0.25, 0.3) is 0 Å². The van der Waals surface area contributed by atoms with Crippen LogP contribution in [-0.2, 0) is 0 Å². The molecule has 1 amide bonds. The maximum Gasteiger partial charge on any atom is 0.259 e. The van der Waals surface area contributed by atoms with Gasteiger partial charge >= 0.3 is 0 Å². The summed E-state index contributed by atoms with van der Waals surface area (Å²) in [5.41, 5.74) is 1.27. The molecule has 1 N–H and O–H groups in total. The molecular formula is C22H21NO3. The van der Waals surface area contributed by atoms with Crippen molar-refractivity contribution in [1.29, 1.82) is 0 Å². The lowest BCUT2D eigenvalue weighted by molar-refractivity contribution is 0.102. The molecule has 0 aliphatic carbocycles. The van der Waals surface area contributed by atoms with Crippen LogP contribution in [0.4, 0.5) is 5.69 Å². The van der Waals surface area contributed by atoms with E-state index in [2.05, 4.69) is 5.32 Å². The zero-order chi connectivity index (χ0) is 18.0. The van der Waals surface area contributed by atoms with Crippen LogP contribution in [0.5, 0.6) is 11.5 Å². The van der Waals surface area contributed by atoms with Gasteiger partial charge < -0.3 is 14.8 Å². The van der Waals surface area contributed by atoms with Crippen LogP contribution in [0.3, 0.4) is 0 Å². The monoisotopic (exact) mass is 347 g/mol. The predicted molar refractivity (Wildman–Crippen MR) is 103 cm³/mol. The zero-order valence-corrected chi connectivity index (χ0v) is 14.4. The Morgan fingerprint density at radius 3 is 2.12 bits per heavy atom. The number of carbonyl (C=O) groups excluding carboxylic acids is 1. The van der Waals surface area contributed by atoms with Crippen molar-refractivity contribution >= 4 is 11.6 Å². The summed E-state index contributed by atoms with van der Waals surface area (Å²) >= 11 is 0. The molecule has 0 unspecified atom stereocenters. The van der Waals surface area contributed by atoms with Crippen molar-refractivity contribution in [3.8, 4) is 11.5 Å². The largest absolute Gasteiger partial charge is 0.493 e. The second-order valence-corrected chi connectivity index (χ2v) is 5.68. The summed E-state index contributed by atoms with van der Waals surface area (Å²) < 4.78 is 11.4. The van der Waals surface area contributed by atoms with E-state index < -0.39 is 0 Å². The Balaban J connectivity index is 1.51. The van der Waals surface area contributed by atoms with Gasteiger partial charge in [0.1, 0.15) is 11.5 Å². The third kappa shape index (κ3) is 5.11. The highest BCUT2D eigenvalue weighted by atomic mass is 16.5. The van der Waals surface area contributed by atoms with Crippen molar-refractivity contribution in [3.05, 3.63) is 90.5 Å². The van der Waals surface area contributed by atoms with Crippen LogP contribution in [0, 0.1) is 0 Å². The molecule has 4 nitrogen and oxygen atoms in total. The number of carbonyl (C=O) groups is 1. The van der Waals surface area contributed by atoms with E-state index in [9.17, 15) is 4.79 Å². The van der Waals surface area contributed by atoms with Gasteiger partial charge in [-0.2, -0.15) is 0 Å². The lowest BCUT2D eigenvalue weighted by atomic mass is 10.2. The third-order valence-electron chi connectivity index (χ3n) is 3.72. The average molecular weight is 347 g/mol. The van der Waals surface area contributed by atoms with Crippen LogP contribution in [-0.4, -0.2) is 19.1 Å². The van der Waals surface area contributed by atoms with Gasteiger partial charge in [0.25, 0.3) is 5.91 Å². The molecule has 132 valence electrons. The molecule has 26 heavy (non-hydrogen) atoms. The smallest absolute Gasteiger partial charge is 0.259 e. The summed E-state index contributed by atoms with van der Waals surface area (Å²) in [6, 6.07) is 26.3. The Bertz CT molecular complexity index is 819. The van der Waals surface area contributed by atoms with Crippen molar-refractivity contribution in [2.24, 2.45) is 0 Å². The highest BCUT2D eigenvalue weighted by molar-refractivity contribution is 6.06. The molecule has 0 aromatic heterocycles. The van der Waals surface area contributed by atoms with E-state index in [0.29, 0.717) is 24.5 Å². The Labute approximate surface area is 153 Å². The first-order valence-corrected chi connectivity index (χ1v) is 8.59. The fraction of sp³-hybridized carbons (Fsp3) is 0.136. The van der Waals surface area contributed by atoms with Gasteiger partial charge in [0.2, 0.25) is 0 Å². The van der Waals surface area contributed by atoms with Gasteiger partial charge in [0.05, 0.1) is 18.8 Å². The summed E-state index contributed by atoms with van der Waals surface area (Å²) in [5, 5.41) is 2.88. The Kier molecular flexibility index (Phi) is 6.26. The first-order valence-electron chi connectivity index (χ1n) is 8.59. The Morgan fingerprint density at radius 1 is 0.731 bits per heavy atom. The lowest BCUT2D eigenvalue weighted by Gasteiger charge is -2.12. The molecule has 0 fully saturated rings. The number of hydrogen-bond acceptors (Lipinski definition) is 3. The van der Waals surface area contributed by atoms with E-state index in [-0.39, 0.29) is 5.91 Å². The number of ether oxygens (including phenoxy) is 2. The second kappa shape index (κ2) is 9.28. The van der Waals surface area contributed by atoms with Crippen LogP contribution in [0.15, 0.2) is 84.9 Å². The number of nitrogens with one attached hydrogen (secondary N) is 1. The predicted octanol–water partition coefficient (Wildman–Crippen LogP) is 4.79. The van der Waals surface area contributed by atoms with E-state index in [4.69, 9.17) is 9.47 Å². The number of anilines is 1. The number of hydrogen-bond donors (Lipinski definition) is 1. The van der Waals surface area contributed by atoms with E-state index in [1.807, 2.05) is 72.8 Å². The first kappa shape index (κ1) is 17.5. The molecule has 4 heteroatoms. The molecule has 3 rings (SSSR count). The van der Waals surface area contributed by atoms with Crippen molar-refractivity contribution < 1.29 is 14.3 Å². The first-order chi connectivity index (χ1) is 12.8. The summed E-state index contributed by atoms with van der Waals surface area (Å²) in [6.45, 7) is 1.03. The van der Waals surface area contributed by atoms with Crippen LogP contribution in [0.2, 0.25) is 0 Å².